The summed E-state index contributed by atoms with van der Waals surface area (Å²) in [6.45, 7) is 2.91. The third-order valence-electron chi connectivity index (χ3n) is 4.57. The number of nitrogens with one attached hydrogen (secondary N) is 3. The van der Waals surface area contributed by atoms with Crippen LogP contribution in [0, 0.1) is 5.41 Å². The molecule has 8 nitrogen and oxygen atoms in total. The van der Waals surface area contributed by atoms with Crippen molar-refractivity contribution in [3.05, 3.63) is 54.0 Å². The zero-order valence-corrected chi connectivity index (χ0v) is 18.8. The second-order valence-corrected chi connectivity index (χ2v) is 7.46. The molecular weight excluding hydrogens is 430 g/mol. The Morgan fingerprint density at radius 2 is 1.82 bits per heavy atom. The maximum Gasteiger partial charge on any atom is 0.388 e. The Hall–Kier alpha value is -3.82. The van der Waals surface area contributed by atoms with Gasteiger partial charge in [0, 0.05) is 30.5 Å². The Kier molecular flexibility index (Phi) is 7.70. The number of pyridine rings is 3. The van der Waals surface area contributed by atoms with E-state index in [4.69, 9.17) is 10.1 Å². The molecule has 3 heterocycles. The lowest BCUT2D eigenvalue weighted by Gasteiger charge is -2.21. The van der Waals surface area contributed by atoms with Crippen molar-refractivity contribution in [2.45, 2.75) is 40.0 Å². The second kappa shape index (κ2) is 10.7. The Morgan fingerprint density at radius 1 is 1.12 bits per heavy atom. The second-order valence-electron chi connectivity index (χ2n) is 7.46. The molecule has 174 valence electrons. The van der Waals surface area contributed by atoms with Crippen LogP contribution in [0.1, 0.15) is 32.0 Å². The predicted octanol–water partition coefficient (Wildman–Crippen LogP) is 4.97. The van der Waals surface area contributed by atoms with Gasteiger partial charge in [-0.2, -0.15) is 8.78 Å². The van der Waals surface area contributed by atoms with Crippen molar-refractivity contribution in [1.29, 1.82) is 5.41 Å². The number of hydrogen-bond donors (Lipinski definition) is 3. The molecule has 3 rings (SSSR count). The first-order valence-corrected chi connectivity index (χ1v) is 10.3. The van der Waals surface area contributed by atoms with Gasteiger partial charge in [0.25, 0.3) is 0 Å². The Labute approximate surface area is 190 Å². The first-order valence-electron chi connectivity index (χ1n) is 10.3. The van der Waals surface area contributed by atoms with Gasteiger partial charge < -0.3 is 25.5 Å². The molecule has 0 unspecified atom stereocenters. The summed E-state index contributed by atoms with van der Waals surface area (Å²) in [6, 6.07) is 8.67. The fourth-order valence-electron chi connectivity index (χ4n) is 3.23. The zero-order chi connectivity index (χ0) is 24.0. The van der Waals surface area contributed by atoms with Crippen LogP contribution in [0.15, 0.2) is 42.7 Å². The van der Waals surface area contributed by atoms with Crippen LogP contribution >= 0.6 is 0 Å². The summed E-state index contributed by atoms with van der Waals surface area (Å²) in [5.41, 5.74) is 3.31. The SMILES string of the molecule is COc1ncccc1CNc1cc(-c2cccnc2OC(F)F)nc(C(C)=N)c1NC(C)C. The van der Waals surface area contributed by atoms with Crippen molar-refractivity contribution in [1.82, 2.24) is 15.0 Å². The zero-order valence-electron chi connectivity index (χ0n) is 18.8. The number of nitrogens with zero attached hydrogens (tertiary/aromatic N) is 3. The smallest absolute Gasteiger partial charge is 0.388 e. The summed E-state index contributed by atoms with van der Waals surface area (Å²) < 4.78 is 35.8. The first-order chi connectivity index (χ1) is 15.8. The Balaban J connectivity index is 2.12. The average Bonchev–Trinajstić information content (AvgIpc) is 2.78. The van der Waals surface area contributed by atoms with E-state index in [0.29, 0.717) is 40.8 Å². The van der Waals surface area contributed by atoms with E-state index in [1.807, 2.05) is 26.0 Å². The lowest BCUT2D eigenvalue weighted by molar-refractivity contribution is -0.0524. The number of halogens is 2. The Morgan fingerprint density at radius 3 is 2.45 bits per heavy atom. The fourth-order valence-corrected chi connectivity index (χ4v) is 3.23. The van der Waals surface area contributed by atoms with E-state index in [1.165, 1.54) is 6.20 Å². The maximum absolute atomic E-state index is 12.9. The third kappa shape index (κ3) is 5.91. The molecule has 0 aliphatic carbocycles. The van der Waals surface area contributed by atoms with Gasteiger partial charge in [-0.15, -0.1) is 0 Å². The van der Waals surface area contributed by atoms with E-state index in [2.05, 4.69) is 30.3 Å². The van der Waals surface area contributed by atoms with E-state index >= 15 is 0 Å². The number of methoxy groups -OCH3 is 1. The third-order valence-corrected chi connectivity index (χ3v) is 4.57. The van der Waals surface area contributed by atoms with Crippen LogP contribution < -0.4 is 20.1 Å². The van der Waals surface area contributed by atoms with Gasteiger partial charge in [0.05, 0.1) is 35.5 Å². The number of hydrogen-bond acceptors (Lipinski definition) is 8. The fraction of sp³-hybridized carbons (Fsp3) is 0.304. The average molecular weight is 456 g/mol. The normalized spacial score (nSPS) is 10.9. The molecule has 3 aromatic rings. The summed E-state index contributed by atoms with van der Waals surface area (Å²) in [7, 11) is 1.55. The van der Waals surface area contributed by atoms with Crippen molar-refractivity contribution in [3.8, 4) is 23.0 Å². The molecule has 0 spiro atoms. The summed E-state index contributed by atoms with van der Waals surface area (Å²) in [5, 5.41) is 15.0. The van der Waals surface area contributed by atoms with Gasteiger partial charge in [0.1, 0.15) is 5.69 Å². The number of alkyl halides is 2. The molecule has 0 bridgehead atoms. The van der Waals surface area contributed by atoms with Gasteiger partial charge in [-0.1, -0.05) is 6.07 Å². The molecule has 0 aliphatic heterocycles. The largest absolute Gasteiger partial charge is 0.481 e. The van der Waals surface area contributed by atoms with Gasteiger partial charge in [0.15, 0.2) is 0 Å². The maximum atomic E-state index is 12.9. The van der Waals surface area contributed by atoms with Crippen molar-refractivity contribution in [2.75, 3.05) is 17.7 Å². The summed E-state index contributed by atoms with van der Waals surface area (Å²) in [6.07, 6.45) is 3.01. The van der Waals surface area contributed by atoms with Crippen LogP contribution in [0.25, 0.3) is 11.3 Å². The molecule has 0 fully saturated rings. The lowest BCUT2D eigenvalue weighted by atomic mass is 10.1. The van der Waals surface area contributed by atoms with Crippen LogP contribution in [0.5, 0.6) is 11.8 Å². The monoisotopic (exact) mass is 456 g/mol. The molecule has 3 N–H and O–H groups in total. The van der Waals surface area contributed by atoms with Crippen LogP contribution in [0.2, 0.25) is 0 Å². The molecule has 0 aromatic carbocycles. The molecule has 0 aliphatic rings. The van der Waals surface area contributed by atoms with Crippen molar-refractivity contribution in [3.63, 3.8) is 0 Å². The minimum Gasteiger partial charge on any atom is -0.481 e. The van der Waals surface area contributed by atoms with Gasteiger partial charge in [-0.3, -0.25) is 0 Å². The van der Waals surface area contributed by atoms with E-state index in [-0.39, 0.29) is 17.6 Å². The molecular formula is C23H26F2N6O2. The van der Waals surface area contributed by atoms with Crippen molar-refractivity contribution >= 4 is 17.1 Å². The van der Waals surface area contributed by atoms with Crippen LogP contribution in [0.3, 0.4) is 0 Å². The number of rotatable bonds is 10. The highest BCUT2D eigenvalue weighted by Gasteiger charge is 2.20. The van der Waals surface area contributed by atoms with E-state index in [0.717, 1.165) is 5.56 Å². The lowest BCUT2D eigenvalue weighted by Crippen LogP contribution is -2.17. The molecule has 10 heteroatoms. The quantitative estimate of drug-likeness (QED) is 0.370. The van der Waals surface area contributed by atoms with Gasteiger partial charge >= 0.3 is 6.61 Å². The predicted molar refractivity (Wildman–Crippen MR) is 123 cm³/mol. The van der Waals surface area contributed by atoms with Crippen LogP contribution in [0.4, 0.5) is 20.2 Å². The van der Waals surface area contributed by atoms with Crippen molar-refractivity contribution in [2.24, 2.45) is 0 Å². The van der Waals surface area contributed by atoms with Gasteiger partial charge in [-0.25, -0.2) is 15.0 Å². The van der Waals surface area contributed by atoms with Gasteiger partial charge in [-0.05, 0) is 45.0 Å². The molecule has 0 saturated carbocycles. The van der Waals surface area contributed by atoms with E-state index in [9.17, 15) is 8.78 Å². The molecule has 0 atom stereocenters. The summed E-state index contributed by atoms with van der Waals surface area (Å²) >= 11 is 0. The van der Waals surface area contributed by atoms with Crippen LogP contribution in [-0.2, 0) is 6.54 Å². The summed E-state index contributed by atoms with van der Waals surface area (Å²) in [4.78, 5) is 12.7. The topological polar surface area (TPSA) is 105 Å². The highest BCUT2D eigenvalue weighted by molar-refractivity contribution is 6.03. The molecule has 3 aromatic heterocycles. The molecule has 0 radical (unpaired) electrons. The molecule has 0 amide bonds. The minimum atomic E-state index is -3.03. The van der Waals surface area contributed by atoms with E-state index < -0.39 is 6.61 Å². The molecule has 0 saturated heterocycles. The molecule has 33 heavy (non-hydrogen) atoms. The standard InChI is InChI=1S/C23H26F2N6O2/c1-13(2)30-20-18(29-12-15-7-5-9-27-21(15)32-4)11-17(31-19(20)14(3)26)16-8-6-10-28-22(16)33-23(24)25/h5-11,13,23,26,30H,12H2,1-4H3,(H,29,31). The van der Waals surface area contributed by atoms with Crippen molar-refractivity contribution < 1.29 is 18.3 Å². The first kappa shape index (κ1) is 23.8. The number of ether oxygens (including phenoxy) is 2. The highest BCUT2D eigenvalue weighted by Crippen LogP contribution is 2.35. The van der Waals surface area contributed by atoms with Gasteiger partial charge in [0.2, 0.25) is 11.8 Å². The number of aromatic nitrogens is 3. The van der Waals surface area contributed by atoms with Crippen LogP contribution in [-0.4, -0.2) is 40.4 Å². The highest BCUT2D eigenvalue weighted by atomic mass is 19.3. The summed E-state index contributed by atoms with van der Waals surface area (Å²) in [5.74, 6) is 0.249. The number of anilines is 2. The minimum absolute atomic E-state index is 0.0559. The van der Waals surface area contributed by atoms with E-state index in [1.54, 1.807) is 38.4 Å². The Bertz CT molecular complexity index is 1120.